The zero-order valence-electron chi connectivity index (χ0n) is 48.8. The van der Waals surface area contributed by atoms with Crippen LogP contribution >= 0.6 is 11.3 Å². The van der Waals surface area contributed by atoms with E-state index >= 15 is 0 Å². The number of carboxylic acid groups (broad SMARTS) is 1. The standard InChI is InChI=1S/C56H83N9O12S/c1-13-34(6)48(62-55(76)56(10)25-17-26-63(56)11)53(73)64(12)42(32(2)3)30-43(77-37(9)66)52-60-41(31-78-52)50(71)59-40(28-35(7)54(74)75)29-38-19-21-39(22-20-38)58-49(70)36(8)57-51(72)47(33(4)5)61-44(67)18-15-14-16-27-65-45(68)23-24-46(65)69/h19-24,31-36,40,42-43,47-48H,13-18,25-30H2,1-12H3,(H,57,72)(H,58,70)(H,59,71)(H,61,67)(H,62,76)(H,74,75)/t34-,35-,36-,40+,42+,43+,47-,48-,56-/m0/s1/i10D,11D. The zero-order chi connectivity index (χ0) is 59.6. The molecule has 0 radical (unpaired) electrons. The van der Waals surface area contributed by atoms with E-state index in [1.165, 1.54) is 38.3 Å². The molecule has 8 amide bonds. The third-order valence-corrected chi connectivity index (χ3v) is 15.5. The van der Waals surface area contributed by atoms with Gasteiger partial charge in [0.2, 0.25) is 29.5 Å². The molecule has 3 heterocycles. The van der Waals surface area contributed by atoms with Crippen molar-refractivity contribution in [2.24, 2.45) is 23.7 Å². The number of imide groups is 1. The van der Waals surface area contributed by atoms with Crippen LogP contribution in [0.15, 0.2) is 41.8 Å². The van der Waals surface area contributed by atoms with E-state index in [2.05, 4.69) is 31.6 Å². The van der Waals surface area contributed by atoms with Gasteiger partial charge in [-0.2, -0.15) is 0 Å². The van der Waals surface area contributed by atoms with Crippen molar-refractivity contribution in [3.63, 3.8) is 0 Å². The topological polar surface area (TPSA) is 283 Å². The van der Waals surface area contributed by atoms with Crippen LogP contribution < -0.4 is 26.6 Å². The van der Waals surface area contributed by atoms with Gasteiger partial charge >= 0.3 is 11.9 Å². The van der Waals surface area contributed by atoms with Crippen molar-refractivity contribution in [2.45, 2.75) is 175 Å². The molecule has 0 bridgehead atoms. The van der Waals surface area contributed by atoms with E-state index in [1.807, 2.05) is 27.7 Å². The molecule has 78 heavy (non-hydrogen) atoms. The molecular formula is C56H83N9O12S. The average molecular weight is 1110 g/mol. The van der Waals surface area contributed by atoms with Gasteiger partial charge in [-0.3, -0.25) is 57.7 Å². The number of likely N-dealkylation sites (N-methyl/N-ethyl adjacent to an activating group) is 2. The van der Waals surface area contributed by atoms with Gasteiger partial charge in [0, 0.05) is 71.4 Å². The number of aromatic nitrogens is 1. The maximum Gasteiger partial charge on any atom is 0.306 e. The molecule has 0 saturated carbocycles. The minimum atomic E-state index is -1.21. The molecule has 2 aliphatic rings. The van der Waals surface area contributed by atoms with Crippen molar-refractivity contribution >= 4 is 76.2 Å². The second-order valence-electron chi connectivity index (χ2n) is 21.4. The molecule has 0 unspecified atom stereocenters. The van der Waals surface area contributed by atoms with E-state index < -0.39 is 83.3 Å². The van der Waals surface area contributed by atoms with Gasteiger partial charge in [-0.25, -0.2) is 4.98 Å². The summed E-state index contributed by atoms with van der Waals surface area (Å²) < 4.78 is 22.1. The second kappa shape index (κ2) is 29.4. The van der Waals surface area contributed by atoms with Crippen LogP contribution in [0.1, 0.15) is 157 Å². The molecule has 1 aromatic heterocycles. The highest BCUT2D eigenvalue weighted by Crippen LogP contribution is 2.32. The van der Waals surface area contributed by atoms with Crippen LogP contribution in [0.4, 0.5) is 5.69 Å². The van der Waals surface area contributed by atoms with Crippen molar-refractivity contribution in [1.82, 2.24) is 41.0 Å². The summed E-state index contributed by atoms with van der Waals surface area (Å²) in [6.45, 7) is 15.9. The zero-order valence-corrected chi connectivity index (χ0v) is 47.7. The van der Waals surface area contributed by atoms with Crippen molar-refractivity contribution in [3.8, 4) is 0 Å². The Morgan fingerprint density at radius 3 is 2.14 bits per heavy atom. The monoisotopic (exact) mass is 1110 g/mol. The first-order valence-corrected chi connectivity index (χ1v) is 27.8. The molecule has 1 fully saturated rings. The summed E-state index contributed by atoms with van der Waals surface area (Å²) in [6.07, 6.45) is 5.14. The lowest BCUT2D eigenvalue weighted by molar-refractivity contribution is -0.149. The summed E-state index contributed by atoms with van der Waals surface area (Å²) in [5.41, 5.74) is -0.118. The van der Waals surface area contributed by atoms with Gasteiger partial charge in [-0.15, -0.1) is 11.3 Å². The van der Waals surface area contributed by atoms with Crippen LogP contribution in [0.2, 0.25) is 0 Å². The Morgan fingerprint density at radius 1 is 0.872 bits per heavy atom. The number of amides is 8. The average Bonchev–Trinajstić information content (AvgIpc) is 4.16. The Hall–Kier alpha value is -6.55. The van der Waals surface area contributed by atoms with Crippen LogP contribution in [0.25, 0.3) is 0 Å². The lowest BCUT2D eigenvalue weighted by Crippen LogP contribution is -2.60. The molecule has 1 aromatic carbocycles. The maximum atomic E-state index is 14.5. The van der Waals surface area contributed by atoms with Crippen LogP contribution in [-0.2, 0) is 54.3 Å². The van der Waals surface area contributed by atoms with Gasteiger partial charge in [0.05, 0.1) is 11.5 Å². The number of carbonyl (C=O) groups is 10. The lowest BCUT2D eigenvalue weighted by Gasteiger charge is -2.38. The predicted octanol–water partition coefficient (Wildman–Crippen LogP) is 5.16. The fourth-order valence-electron chi connectivity index (χ4n) is 9.34. The third kappa shape index (κ3) is 18.0. The lowest BCUT2D eigenvalue weighted by atomic mass is 9.91. The number of hydrogen-bond acceptors (Lipinski definition) is 14. The summed E-state index contributed by atoms with van der Waals surface area (Å²) in [5.74, 6) is -6.88. The van der Waals surface area contributed by atoms with Crippen LogP contribution in [0.5, 0.6) is 0 Å². The van der Waals surface area contributed by atoms with Gasteiger partial charge in [-0.1, -0.05) is 73.4 Å². The highest BCUT2D eigenvalue weighted by Gasteiger charge is 2.44. The van der Waals surface area contributed by atoms with Gasteiger partial charge in [0.15, 0.2) is 6.10 Å². The number of carbonyl (C=O) groups excluding carboxylic acids is 9. The minimum Gasteiger partial charge on any atom is -0.481 e. The smallest absolute Gasteiger partial charge is 0.306 e. The molecule has 21 nitrogen and oxygen atoms in total. The Kier molecular flexibility index (Phi) is 22.9. The molecule has 0 spiro atoms. The first-order chi connectivity index (χ1) is 37.8. The summed E-state index contributed by atoms with van der Waals surface area (Å²) in [7, 11) is 1.48. The number of nitrogens with one attached hydrogen (secondary N) is 5. The van der Waals surface area contributed by atoms with E-state index in [4.69, 9.17) is 7.48 Å². The molecular weight excluding hydrogens is 1020 g/mol. The maximum absolute atomic E-state index is 14.5. The Morgan fingerprint density at radius 2 is 1.55 bits per heavy atom. The number of unbranched alkanes of at least 4 members (excludes halogenated alkanes) is 2. The van der Waals surface area contributed by atoms with Crippen LogP contribution in [0.3, 0.4) is 0 Å². The third-order valence-electron chi connectivity index (χ3n) is 14.5. The number of benzene rings is 1. The largest absolute Gasteiger partial charge is 0.481 e. The van der Waals surface area contributed by atoms with E-state index in [9.17, 15) is 53.1 Å². The number of rotatable bonds is 30. The van der Waals surface area contributed by atoms with Gasteiger partial charge in [-0.05, 0) is 101 Å². The number of aliphatic carboxylic acids is 1. The minimum absolute atomic E-state index is 0.00337. The second-order valence-corrected chi connectivity index (χ2v) is 22.3. The Balaban J connectivity index is 1.39. The van der Waals surface area contributed by atoms with E-state index in [0.29, 0.717) is 56.3 Å². The fourth-order valence-corrected chi connectivity index (χ4v) is 10.2. The summed E-state index contributed by atoms with van der Waals surface area (Å²) in [6, 6.07) is 2.58. The number of hydrogen-bond donors (Lipinski definition) is 6. The SMILES string of the molecule is [2H]CN1CCC[C@@]1(C[2H])C(=O)N[C@H](C(=O)N(C)[C@H](C[C@@H](OC(C)=O)c1nc(C(=O)N[C@@H](Cc2ccc(NC(=O)[C@H](C)NC(=O)[C@@H](NC(=O)CCCCCN3C(=O)C=CC3=O)C(C)C)cc2)C[C@H](C)C(=O)O)cs1)C(C)C)[C@@H](C)CC. The highest BCUT2D eigenvalue weighted by molar-refractivity contribution is 7.09. The highest BCUT2D eigenvalue weighted by atomic mass is 32.1. The van der Waals surface area contributed by atoms with Gasteiger partial charge < -0.3 is 41.3 Å². The molecule has 0 aliphatic carbocycles. The number of carboxylic acids is 1. The predicted molar refractivity (Wildman–Crippen MR) is 294 cm³/mol. The quantitative estimate of drug-likeness (QED) is 0.0335. The van der Waals surface area contributed by atoms with Crippen molar-refractivity contribution < 1.29 is 60.5 Å². The number of nitrogens with zero attached hydrogens (tertiary/aromatic N) is 4. The Bertz CT molecular complexity index is 2530. The van der Waals surface area contributed by atoms with Crippen LogP contribution in [0, 0.1) is 23.7 Å². The van der Waals surface area contributed by atoms with Crippen molar-refractivity contribution in [1.29, 1.82) is 0 Å². The summed E-state index contributed by atoms with van der Waals surface area (Å²) >= 11 is 1.08. The fraction of sp³-hybridized carbons (Fsp3) is 0.625. The number of likely N-dealkylation sites (tertiary alicyclic amines) is 1. The molecule has 2 aliphatic heterocycles. The normalized spacial score (nSPS) is 18.9. The molecule has 4 rings (SSSR count). The number of thiazole rings is 1. The van der Waals surface area contributed by atoms with Crippen LogP contribution in [-0.4, -0.2) is 147 Å². The summed E-state index contributed by atoms with van der Waals surface area (Å²) in [4.78, 5) is 139. The van der Waals surface area contributed by atoms with Crippen molar-refractivity contribution in [2.75, 3.05) is 32.5 Å². The van der Waals surface area contributed by atoms with Gasteiger partial charge in [0.1, 0.15) is 28.8 Å². The Labute approximate surface area is 465 Å². The molecule has 6 N–H and O–H groups in total. The van der Waals surface area contributed by atoms with E-state index in [-0.39, 0.29) is 98.2 Å². The summed E-state index contributed by atoms with van der Waals surface area (Å²) in [5, 5.41) is 25.7. The molecule has 1 saturated heterocycles. The molecule has 430 valence electrons. The first kappa shape index (κ1) is 60.7. The molecule has 9 atom stereocenters. The van der Waals surface area contributed by atoms with Gasteiger partial charge in [0.25, 0.3) is 17.7 Å². The first-order valence-electron chi connectivity index (χ1n) is 28.3. The number of esters is 1. The van der Waals surface area contributed by atoms with E-state index in [0.717, 1.165) is 16.2 Å². The molecule has 22 heteroatoms. The van der Waals surface area contributed by atoms with Crippen molar-refractivity contribution in [3.05, 3.63) is 58.1 Å². The number of anilines is 1. The number of ether oxygens (including phenoxy) is 1. The molecule has 2 aromatic rings. The van der Waals surface area contributed by atoms with E-state index in [1.54, 1.807) is 55.0 Å².